The molecule has 4 heterocycles. The van der Waals surface area contributed by atoms with Crippen molar-refractivity contribution in [2.24, 2.45) is 0 Å². The van der Waals surface area contributed by atoms with Crippen LogP contribution in [0.4, 0.5) is 0 Å². The van der Waals surface area contributed by atoms with Gasteiger partial charge in [0.1, 0.15) is 0 Å². The molecule has 1 atom stereocenters. The monoisotopic (exact) mass is 881 g/mol. The molecule has 0 bridgehead atoms. The normalized spacial score (nSPS) is 9.88. The molecule has 6 nitrogen and oxygen atoms in total. The molecular formula is C42H39N6OsP2+. The van der Waals surface area contributed by atoms with Crippen LogP contribution in [0.25, 0.3) is 45.3 Å². The van der Waals surface area contributed by atoms with Crippen molar-refractivity contribution >= 4 is 27.8 Å². The summed E-state index contributed by atoms with van der Waals surface area (Å²) < 4.78 is 0. The minimum atomic E-state index is -0.545. The topological polar surface area (TPSA) is 79.8 Å². The first kappa shape index (κ1) is 38.9. The zero-order chi connectivity index (χ0) is 34.8. The van der Waals surface area contributed by atoms with Crippen LogP contribution in [0, 0.1) is 0 Å². The van der Waals surface area contributed by atoms with Crippen LogP contribution in [0.1, 0.15) is 0 Å². The van der Waals surface area contributed by atoms with Crippen LogP contribution < -0.4 is 20.8 Å². The van der Waals surface area contributed by atoms with E-state index in [0.29, 0.717) is 0 Å². The SMILES string of the molecule is CP.C[PH+](c1ccccc1)c1ccccc1.[Os+2].c1ccc(-c2cc(-c3ccccn3)[n-]n2)cc1.c1ccc(-c2cc(-c3ccccn3)[n-]n2)cc1. The van der Waals surface area contributed by atoms with Crippen molar-refractivity contribution in [3.05, 3.63) is 182 Å². The van der Waals surface area contributed by atoms with Gasteiger partial charge in [-0.2, -0.15) is 0 Å². The summed E-state index contributed by atoms with van der Waals surface area (Å²) in [5.74, 6) is 0. The molecule has 0 spiro atoms. The van der Waals surface area contributed by atoms with Crippen LogP contribution in [0.3, 0.4) is 0 Å². The van der Waals surface area contributed by atoms with E-state index in [9.17, 15) is 0 Å². The molecule has 8 aromatic rings. The van der Waals surface area contributed by atoms with Gasteiger partial charge in [-0.05, 0) is 71.8 Å². The largest absolute Gasteiger partial charge is 2.00 e. The maximum atomic E-state index is 4.25. The van der Waals surface area contributed by atoms with Crippen molar-refractivity contribution in [2.45, 2.75) is 0 Å². The van der Waals surface area contributed by atoms with Crippen LogP contribution in [-0.2, 0) is 19.8 Å². The average Bonchev–Trinajstić information content (AvgIpc) is 3.93. The van der Waals surface area contributed by atoms with Gasteiger partial charge in [0.25, 0.3) is 0 Å². The van der Waals surface area contributed by atoms with E-state index >= 15 is 0 Å². The van der Waals surface area contributed by atoms with Crippen molar-refractivity contribution < 1.29 is 19.8 Å². The molecule has 1 unspecified atom stereocenters. The molecule has 0 radical (unpaired) electrons. The third-order valence-electron chi connectivity index (χ3n) is 7.49. The van der Waals surface area contributed by atoms with Crippen molar-refractivity contribution in [3.63, 3.8) is 0 Å². The summed E-state index contributed by atoms with van der Waals surface area (Å²) in [6, 6.07) is 57.0. The molecule has 9 heteroatoms. The number of hydrogen-bond acceptors (Lipinski definition) is 4. The number of aromatic nitrogens is 6. The average molecular weight is 880 g/mol. The number of pyridine rings is 2. The first-order chi connectivity index (χ1) is 24.7. The Morgan fingerprint density at radius 1 is 0.431 bits per heavy atom. The van der Waals surface area contributed by atoms with Crippen LogP contribution in [0.5, 0.6) is 0 Å². The Bertz CT molecular complexity index is 1820. The van der Waals surface area contributed by atoms with Gasteiger partial charge in [0.2, 0.25) is 0 Å². The first-order valence-electron chi connectivity index (χ1n) is 16.2. The molecule has 0 saturated carbocycles. The van der Waals surface area contributed by atoms with Crippen LogP contribution in [0.15, 0.2) is 182 Å². The second-order valence-electron chi connectivity index (χ2n) is 10.7. The summed E-state index contributed by atoms with van der Waals surface area (Å²) in [5, 5.41) is 19.6. The molecule has 4 aromatic carbocycles. The maximum Gasteiger partial charge on any atom is 2.00 e. The van der Waals surface area contributed by atoms with Gasteiger partial charge in [-0.25, -0.2) is 0 Å². The molecule has 8 rings (SSSR count). The molecule has 0 aliphatic rings. The fourth-order valence-electron chi connectivity index (χ4n) is 4.91. The van der Waals surface area contributed by atoms with E-state index in [2.05, 4.69) is 107 Å². The van der Waals surface area contributed by atoms with Gasteiger partial charge >= 0.3 is 19.8 Å². The summed E-state index contributed by atoms with van der Waals surface area (Å²) in [5.41, 5.74) is 7.22. The second-order valence-corrected chi connectivity index (χ2v) is 13.2. The smallest absolute Gasteiger partial charge is 0.573 e. The minimum Gasteiger partial charge on any atom is -0.573 e. The van der Waals surface area contributed by atoms with E-state index in [1.165, 1.54) is 10.6 Å². The second kappa shape index (κ2) is 21.3. The van der Waals surface area contributed by atoms with E-state index in [0.717, 1.165) is 45.3 Å². The van der Waals surface area contributed by atoms with Gasteiger partial charge in [-0.1, -0.05) is 127 Å². The summed E-state index contributed by atoms with van der Waals surface area (Å²) in [6.45, 7) is 4.26. The van der Waals surface area contributed by atoms with Crippen LogP contribution in [0.2, 0.25) is 0 Å². The van der Waals surface area contributed by atoms with E-state index < -0.39 is 7.92 Å². The van der Waals surface area contributed by atoms with Gasteiger partial charge in [0.05, 0.1) is 25.2 Å². The number of nitrogens with zero attached hydrogens (tertiary/aromatic N) is 6. The maximum absolute atomic E-state index is 4.25. The number of hydrogen-bond donors (Lipinski definition) is 0. The molecule has 0 amide bonds. The third-order valence-corrected chi connectivity index (χ3v) is 9.88. The molecule has 51 heavy (non-hydrogen) atoms. The Kier molecular flexibility index (Phi) is 16.3. The number of benzene rings is 4. The van der Waals surface area contributed by atoms with Crippen LogP contribution in [-0.4, -0.2) is 33.5 Å². The minimum absolute atomic E-state index is 0. The quantitative estimate of drug-likeness (QED) is 0.156. The van der Waals surface area contributed by atoms with Gasteiger partial charge in [0.15, 0.2) is 0 Å². The van der Waals surface area contributed by atoms with Crippen LogP contribution >= 0.6 is 17.2 Å². The van der Waals surface area contributed by atoms with Crippen molar-refractivity contribution in [1.29, 1.82) is 0 Å². The van der Waals surface area contributed by atoms with E-state index in [1.807, 2.05) is 116 Å². The fourth-order valence-corrected chi connectivity index (χ4v) is 6.63. The van der Waals surface area contributed by atoms with Gasteiger partial charge in [0, 0.05) is 35.2 Å². The van der Waals surface area contributed by atoms with E-state index in [1.54, 1.807) is 12.4 Å². The van der Waals surface area contributed by atoms with E-state index in [4.69, 9.17) is 0 Å². The molecule has 0 fully saturated rings. The standard InChI is InChI=1S/2C14H10N3.C13H13P.CH5P.Os/c2*1-2-6-11(7-3-1)13-10-14(17-16-13)12-8-4-5-9-15-12;1-14(12-8-4-2-5-9-12)13-10-6-3-7-11-13;1-2;/h2*1-10H;2-11H,1H3;2H2,1H3;/q2*-1;;;+2/p+1. The van der Waals surface area contributed by atoms with Crippen molar-refractivity contribution in [3.8, 4) is 45.3 Å². The Hall–Kier alpha value is -4.90. The molecule has 0 aliphatic carbocycles. The van der Waals surface area contributed by atoms with Gasteiger partial charge in [-0.3, -0.25) is 9.97 Å². The summed E-state index contributed by atoms with van der Waals surface area (Å²) in [4.78, 5) is 8.51. The summed E-state index contributed by atoms with van der Waals surface area (Å²) in [6.07, 6.45) is 3.51. The zero-order valence-corrected chi connectivity index (χ0v) is 33.1. The van der Waals surface area contributed by atoms with Crippen molar-refractivity contribution in [1.82, 2.24) is 30.4 Å². The Morgan fingerprint density at radius 2 is 0.765 bits per heavy atom. The Morgan fingerprint density at radius 3 is 1.10 bits per heavy atom. The molecular weight excluding hydrogens is 841 g/mol. The molecule has 0 saturated heterocycles. The Labute approximate surface area is 317 Å². The first-order valence-corrected chi connectivity index (χ1v) is 19.4. The molecule has 0 N–H and O–H groups in total. The van der Waals surface area contributed by atoms with E-state index in [-0.39, 0.29) is 19.8 Å². The predicted octanol–water partition coefficient (Wildman–Crippen LogP) is 8.51. The zero-order valence-electron chi connectivity index (χ0n) is 28.4. The fraction of sp³-hybridized carbons (Fsp3) is 0.0476. The molecule has 0 aliphatic heterocycles. The van der Waals surface area contributed by atoms with Gasteiger partial charge in [-0.15, -0.1) is 9.24 Å². The molecule has 4 aromatic heterocycles. The number of rotatable bonds is 6. The summed E-state index contributed by atoms with van der Waals surface area (Å²) >= 11 is 0. The summed E-state index contributed by atoms with van der Waals surface area (Å²) in [7, 11) is 1.87. The predicted molar refractivity (Wildman–Crippen MR) is 214 cm³/mol. The Balaban J connectivity index is 0.000000167. The third kappa shape index (κ3) is 11.6. The molecule has 254 valence electrons. The van der Waals surface area contributed by atoms with Gasteiger partial charge < -0.3 is 20.4 Å². The van der Waals surface area contributed by atoms with Crippen molar-refractivity contribution in [2.75, 3.05) is 13.3 Å².